The number of methoxy groups -OCH3 is 1. The summed E-state index contributed by atoms with van der Waals surface area (Å²) in [6.45, 7) is 5.75. The van der Waals surface area contributed by atoms with Crippen molar-refractivity contribution in [3.05, 3.63) is 28.2 Å². The highest BCUT2D eigenvalue weighted by atomic mass is 79.9. The smallest absolute Gasteiger partial charge is 0.123 e. The summed E-state index contributed by atoms with van der Waals surface area (Å²) in [5.41, 5.74) is 1.28. The molecule has 1 heterocycles. The molecule has 19 heavy (non-hydrogen) atoms. The molecule has 2 rings (SSSR count). The van der Waals surface area contributed by atoms with E-state index in [0.717, 1.165) is 22.7 Å². The summed E-state index contributed by atoms with van der Waals surface area (Å²) in [6.07, 6.45) is 5.39. The van der Waals surface area contributed by atoms with Gasteiger partial charge >= 0.3 is 0 Å². The van der Waals surface area contributed by atoms with Crippen molar-refractivity contribution in [2.75, 3.05) is 20.2 Å². The van der Waals surface area contributed by atoms with Gasteiger partial charge < -0.3 is 4.74 Å². The van der Waals surface area contributed by atoms with E-state index in [1.165, 1.54) is 44.3 Å². The number of halogens is 1. The van der Waals surface area contributed by atoms with E-state index in [-0.39, 0.29) is 0 Å². The van der Waals surface area contributed by atoms with Gasteiger partial charge in [0.25, 0.3) is 0 Å². The fourth-order valence-electron chi connectivity index (χ4n) is 2.90. The van der Waals surface area contributed by atoms with Crippen LogP contribution in [0.1, 0.15) is 38.2 Å². The highest BCUT2D eigenvalue weighted by Crippen LogP contribution is 2.26. The number of likely N-dealkylation sites (tertiary alicyclic amines) is 1. The first-order valence-corrected chi connectivity index (χ1v) is 8.07. The quantitative estimate of drug-likeness (QED) is 0.809. The number of ether oxygens (including phenoxy) is 1. The average Bonchev–Trinajstić information content (AvgIpc) is 2.64. The Bertz CT molecular complexity index is 408. The number of rotatable bonds is 4. The number of hydrogen-bond acceptors (Lipinski definition) is 2. The first-order chi connectivity index (χ1) is 9.22. The van der Waals surface area contributed by atoms with Crippen LogP contribution in [0, 0.1) is 5.92 Å². The van der Waals surface area contributed by atoms with Crippen molar-refractivity contribution in [3.8, 4) is 5.75 Å². The van der Waals surface area contributed by atoms with E-state index in [4.69, 9.17) is 4.74 Å². The molecular formula is C16H24BrNO. The Morgan fingerprint density at radius 2 is 2.16 bits per heavy atom. The molecule has 1 aliphatic heterocycles. The minimum absolute atomic E-state index is 0.925. The molecule has 0 N–H and O–H groups in total. The Balaban J connectivity index is 2.02. The summed E-state index contributed by atoms with van der Waals surface area (Å²) in [4.78, 5) is 2.57. The summed E-state index contributed by atoms with van der Waals surface area (Å²) in [5, 5.41) is 0. The summed E-state index contributed by atoms with van der Waals surface area (Å²) in [5.74, 6) is 1.92. The van der Waals surface area contributed by atoms with Crippen LogP contribution in [0.3, 0.4) is 0 Å². The molecule has 106 valence electrons. The van der Waals surface area contributed by atoms with Gasteiger partial charge in [0.2, 0.25) is 0 Å². The fourth-order valence-corrected chi connectivity index (χ4v) is 3.31. The minimum Gasteiger partial charge on any atom is -0.496 e. The summed E-state index contributed by atoms with van der Waals surface area (Å²) in [6, 6.07) is 6.27. The summed E-state index contributed by atoms with van der Waals surface area (Å²) in [7, 11) is 1.75. The van der Waals surface area contributed by atoms with E-state index in [0.29, 0.717) is 0 Å². The number of nitrogens with zero attached hydrogens (tertiary/aromatic N) is 1. The first-order valence-electron chi connectivity index (χ1n) is 7.27. The van der Waals surface area contributed by atoms with E-state index in [2.05, 4.69) is 33.8 Å². The Kier molecular flexibility index (Phi) is 5.71. The topological polar surface area (TPSA) is 12.5 Å². The molecule has 3 heteroatoms. The molecule has 0 aliphatic carbocycles. The second-order valence-corrected chi connectivity index (χ2v) is 6.35. The largest absolute Gasteiger partial charge is 0.496 e. The third-order valence-electron chi connectivity index (χ3n) is 4.15. The molecule has 1 aromatic rings. The molecule has 0 bridgehead atoms. The standard InChI is InChI=1S/C16H24BrNO/c1-3-13-5-4-9-18(10-8-13)12-14-11-15(17)6-7-16(14)19-2/h6-7,11,13H,3-5,8-10,12H2,1-2H3. The lowest BCUT2D eigenvalue weighted by Crippen LogP contribution is -2.24. The van der Waals surface area contributed by atoms with Crippen molar-refractivity contribution in [1.29, 1.82) is 0 Å². The molecule has 0 amide bonds. The molecule has 1 atom stereocenters. The lowest BCUT2D eigenvalue weighted by Gasteiger charge is -2.21. The van der Waals surface area contributed by atoms with Crippen LogP contribution in [0.2, 0.25) is 0 Å². The van der Waals surface area contributed by atoms with Gasteiger partial charge in [-0.3, -0.25) is 4.90 Å². The minimum atomic E-state index is 0.925. The van der Waals surface area contributed by atoms with E-state index in [9.17, 15) is 0 Å². The second-order valence-electron chi connectivity index (χ2n) is 5.44. The van der Waals surface area contributed by atoms with Gasteiger partial charge in [0.05, 0.1) is 7.11 Å². The van der Waals surface area contributed by atoms with Crippen LogP contribution in [-0.2, 0) is 6.54 Å². The van der Waals surface area contributed by atoms with Crippen molar-refractivity contribution < 1.29 is 4.74 Å². The van der Waals surface area contributed by atoms with Crippen LogP contribution < -0.4 is 4.74 Å². The first kappa shape index (κ1) is 14.9. The van der Waals surface area contributed by atoms with Gasteiger partial charge in [-0.25, -0.2) is 0 Å². The van der Waals surface area contributed by atoms with Gasteiger partial charge in [0, 0.05) is 16.6 Å². The lowest BCUT2D eigenvalue weighted by molar-refractivity contribution is 0.267. The third kappa shape index (κ3) is 4.22. The Labute approximate surface area is 125 Å². The summed E-state index contributed by atoms with van der Waals surface area (Å²) < 4.78 is 6.60. The molecule has 0 spiro atoms. The van der Waals surface area contributed by atoms with Gasteiger partial charge in [0.15, 0.2) is 0 Å². The van der Waals surface area contributed by atoms with E-state index in [1.54, 1.807) is 7.11 Å². The summed E-state index contributed by atoms with van der Waals surface area (Å²) >= 11 is 3.55. The van der Waals surface area contributed by atoms with Crippen LogP contribution in [0.15, 0.2) is 22.7 Å². The van der Waals surface area contributed by atoms with Crippen molar-refractivity contribution in [2.45, 2.75) is 39.2 Å². The van der Waals surface area contributed by atoms with Gasteiger partial charge in [-0.1, -0.05) is 29.3 Å². The molecule has 1 fully saturated rings. The van der Waals surface area contributed by atoms with E-state index >= 15 is 0 Å². The van der Waals surface area contributed by atoms with Crippen molar-refractivity contribution in [3.63, 3.8) is 0 Å². The molecule has 2 nitrogen and oxygen atoms in total. The Hall–Kier alpha value is -0.540. The number of benzene rings is 1. The molecular weight excluding hydrogens is 302 g/mol. The zero-order chi connectivity index (χ0) is 13.7. The Morgan fingerprint density at radius 3 is 2.89 bits per heavy atom. The lowest BCUT2D eigenvalue weighted by atomic mass is 9.98. The van der Waals surface area contributed by atoms with Gasteiger partial charge in [0.1, 0.15) is 5.75 Å². The molecule has 1 saturated heterocycles. The highest BCUT2D eigenvalue weighted by Gasteiger charge is 2.17. The zero-order valence-corrected chi connectivity index (χ0v) is 13.6. The van der Waals surface area contributed by atoms with Crippen LogP contribution >= 0.6 is 15.9 Å². The van der Waals surface area contributed by atoms with Gasteiger partial charge in [-0.05, 0) is 56.5 Å². The molecule has 0 saturated carbocycles. The van der Waals surface area contributed by atoms with E-state index < -0.39 is 0 Å². The van der Waals surface area contributed by atoms with Crippen molar-refractivity contribution in [2.24, 2.45) is 5.92 Å². The van der Waals surface area contributed by atoms with Crippen LogP contribution in [0.25, 0.3) is 0 Å². The third-order valence-corrected chi connectivity index (χ3v) is 4.65. The maximum Gasteiger partial charge on any atom is 0.123 e. The fraction of sp³-hybridized carbons (Fsp3) is 0.625. The van der Waals surface area contributed by atoms with Crippen LogP contribution in [0.5, 0.6) is 5.75 Å². The SMILES string of the molecule is CCC1CCCN(Cc2cc(Br)ccc2OC)CC1. The maximum atomic E-state index is 5.47. The second kappa shape index (κ2) is 7.30. The zero-order valence-electron chi connectivity index (χ0n) is 12.0. The van der Waals surface area contributed by atoms with Gasteiger partial charge in [-0.2, -0.15) is 0 Å². The Morgan fingerprint density at radius 1 is 1.32 bits per heavy atom. The van der Waals surface area contributed by atoms with Gasteiger partial charge in [-0.15, -0.1) is 0 Å². The molecule has 1 aromatic carbocycles. The number of hydrogen-bond donors (Lipinski definition) is 0. The monoisotopic (exact) mass is 325 g/mol. The van der Waals surface area contributed by atoms with Crippen molar-refractivity contribution in [1.82, 2.24) is 4.90 Å². The maximum absolute atomic E-state index is 5.47. The molecule has 1 unspecified atom stereocenters. The van der Waals surface area contributed by atoms with Crippen LogP contribution in [0.4, 0.5) is 0 Å². The average molecular weight is 326 g/mol. The molecule has 1 aliphatic rings. The molecule has 0 radical (unpaired) electrons. The predicted molar refractivity (Wildman–Crippen MR) is 83.6 cm³/mol. The predicted octanol–water partition coefficient (Wildman–Crippen LogP) is 4.47. The normalized spacial score (nSPS) is 21.1. The van der Waals surface area contributed by atoms with E-state index in [1.807, 2.05) is 12.1 Å². The highest BCUT2D eigenvalue weighted by molar-refractivity contribution is 9.10. The van der Waals surface area contributed by atoms with Crippen molar-refractivity contribution >= 4 is 15.9 Å². The molecule has 0 aromatic heterocycles. The van der Waals surface area contributed by atoms with Crippen LogP contribution in [-0.4, -0.2) is 25.1 Å².